The molecule has 76 valence electrons. The first-order valence-electron chi connectivity index (χ1n) is 4.51. The molecule has 1 aromatic rings. The maximum absolute atomic E-state index is 11.3. The summed E-state index contributed by atoms with van der Waals surface area (Å²) in [4.78, 5) is 15.4. The number of carbonyl (C=O) groups is 1. The van der Waals surface area contributed by atoms with Gasteiger partial charge in [0, 0.05) is 18.5 Å². The van der Waals surface area contributed by atoms with Crippen molar-refractivity contribution in [2.24, 2.45) is 0 Å². The molecular weight excluding hydrogens is 200 g/mol. The van der Waals surface area contributed by atoms with Crippen LogP contribution in [0.15, 0.2) is 18.3 Å². The predicted octanol–water partition coefficient (Wildman–Crippen LogP) is 2.35. The molecule has 4 heteroatoms. The Morgan fingerprint density at radius 1 is 1.64 bits per heavy atom. The third-order valence-corrected chi connectivity index (χ3v) is 2.09. The molecule has 0 saturated carbocycles. The Kier molecular flexibility index (Phi) is 4.40. The number of alkyl halides is 1. The van der Waals surface area contributed by atoms with Gasteiger partial charge in [-0.1, -0.05) is 0 Å². The molecule has 0 atom stereocenters. The van der Waals surface area contributed by atoms with E-state index in [-0.39, 0.29) is 5.91 Å². The molecule has 0 aliphatic carbocycles. The first-order valence-corrected chi connectivity index (χ1v) is 5.05. The smallest absolute Gasteiger partial charge is 0.224 e. The average Bonchev–Trinajstić information content (AvgIpc) is 2.18. The number of halogens is 1. The summed E-state index contributed by atoms with van der Waals surface area (Å²) in [7, 11) is 0. The zero-order valence-corrected chi connectivity index (χ0v) is 8.84. The van der Waals surface area contributed by atoms with Crippen LogP contribution in [0.1, 0.15) is 18.5 Å². The molecule has 0 saturated heterocycles. The van der Waals surface area contributed by atoms with E-state index >= 15 is 0 Å². The van der Waals surface area contributed by atoms with Crippen LogP contribution >= 0.6 is 11.6 Å². The van der Waals surface area contributed by atoms with Crippen molar-refractivity contribution < 1.29 is 4.79 Å². The maximum atomic E-state index is 11.3. The molecule has 0 aromatic carbocycles. The molecule has 1 aromatic heterocycles. The zero-order valence-electron chi connectivity index (χ0n) is 8.09. The summed E-state index contributed by atoms with van der Waals surface area (Å²) in [5.74, 6) is 0.501. The summed E-state index contributed by atoms with van der Waals surface area (Å²) in [5.41, 5.74) is 1.60. The minimum atomic E-state index is -0.0123. The molecule has 14 heavy (non-hydrogen) atoms. The van der Waals surface area contributed by atoms with Crippen LogP contribution in [0, 0.1) is 6.92 Å². The lowest BCUT2D eigenvalue weighted by Gasteiger charge is -2.06. The number of rotatable bonds is 4. The van der Waals surface area contributed by atoms with E-state index in [1.54, 1.807) is 12.3 Å². The number of aromatic nitrogens is 1. The molecule has 1 N–H and O–H groups in total. The average molecular weight is 213 g/mol. The third kappa shape index (κ3) is 3.34. The van der Waals surface area contributed by atoms with Crippen LogP contribution in [0.2, 0.25) is 0 Å². The summed E-state index contributed by atoms with van der Waals surface area (Å²) < 4.78 is 0. The van der Waals surface area contributed by atoms with Gasteiger partial charge in [0.1, 0.15) is 0 Å². The number of carbonyl (C=O) groups excluding carboxylic acids is 1. The minimum absolute atomic E-state index is 0.0123. The molecule has 1 rings (SSSR count). The van der Waals surface area contributed by atoms with E-state index in [1.807, 2.05) is 13.0 Å². The van der Waals surface area contributed by atoms with Gasteiger partial charge < -0.3 is 5.32 Å². The Morgan fingerprint density at radius 2 is 2.43 bits per heavy atom. The zero-order chi connectivity index (χ0) is 10.4. The number of nitrogens with zero attached hydrogens (tertiary/aromatic N) is 1. The molecule has 3 nitrogen and oxygen atoms in total. The fourth-order valence-corrected chi connectivity index (χ4v) is 1.19. The summed E-state index contributed by atoms with van der Waals surface area (Å²) in [6.45, 7) is 1.86. The van der Waals surface area contributed by atoms with Crippen molar-refractivity contribution in [3.63, 3.8) is 0 Å². The molecule has 0 radical (unpaired) electrons. The first kappa shape index (κ1) is 11.0. The highest BCUT2D eigenvalue weighted by atomic mass is 35.5. The number of hydrogen-bond donors (Lipinski definition) is 1. The number of anilines is 1. The molecule has 0 aliphatic heterocycles. The predicted molar refractivity (Wildman–Crippen MR) is 57.6 cm³/mol. The summed E-state index contributed by atoms with van der Waals surface area (Å²) in [6.07, 6.45) is 2.86. The highest BCUT2D eigenvalue weighted by molar-refractivity contribution is 6.18. The van der Waals surface area contributed by atoms with E-state index in [0.717, 1.165) is 11.4 Å². The van der Waals surface area contributed by atoms with E-state index in [9.17, 15) is 4.79 Å². The molecule has 0 unspecified atom stereocenters. The Hall–Kier alpha value is -1.09. The van der Waals surface area contributed by atoms with Crippen molar-refractivity contribution in [1.29, 1.82) is 0 Å². The number of aryl methyl sites for hydroxylation is 1. The van der Waals surface area contributed by atoms with Crippen LogP contribution in [0.5, 0.6) is 0 Å². The molecule has 1 amide bonds. The van der Waals surface area contributed by atoms with Crippen molar-refractivity contribution in [3.05, 3.63) is 24.0 Å². The van der Waals surface area contributed by atoms with Crippen LogP contribution < -0.4 is 5.32 Å². The second-order valence-corrected chi connectivity index (χ2v) is 3.36. The highest BCUT2D eigenvalue weighted by Crippen LogP contribution is 2.10. The Labute approximate surface area is 88.5 Å². The summed E-state index contributed by atoms with van der Waals surface area (Å²) in [6, 6.07) is 3.63. The second kappa shape index (κ2) is 5.60. The highest BCUT2D eigenvalue weighted by Gasteiger charge is 2.03. The molecule has 0 fully saturated rings. The lowest BCUT2D eigenvalue weighted by Crippen LogP contribution is -2.12. The van der Waals surface area contributed by atoms with Gasteiger partial charge in [0.2, 0.25) is 5.91 Å². The van der Waals surface area contributed by atoms with Gasteiger partial charge in [0.25, 0.3) is 0 Å². The molecular formula is C10H13ClN2O. The van der Waals surface area contributed by atoms with Gasteiger partial charge in [-0.3, -0.25) is 9.78 Å². The van der Waals surface area contributed by atoms with Crippen molar-refractivity contribution in [1.82, 2.24) is 4.98 Å². The lowest BCUT2D eigenvalue weighted by atomic mass is 10.3. The van der Waals surface area contributed by atoms with Crippen molar-refractivity contribution in [2.75, 3.05) is 11.2 Å². The lowest BCUT2D eigenvalue weighted by molar-refractivity contribution is -0.116. The Balaban J connectivity index is 2.52. The molecule has 0 aliphatic rings. The van der Waals surface area contributed by atoms with Crippen molar-refractivity contribution >= 4 is 23.2 Å². The van der Waals surface area contributed by atoms with Crippen molar-refractivity contribution in [2.45, 2.75) is 19.8 Å². The molecule has 1 heterocycles. The monoisotopic (exact) mass is 212 g/mol. The minimum Gasteiger partial charge on any atom is -0.325 e. The third-order valence-electron chi connectivity index (χ3n) is 1.82. The number of nitrogens with one attached hydrogen (secondary N) is 1. The van der Waals surface area contributed by atoms with Crippen LogP contribution in [0.25, 0.3) is 0 Å². The van der Waals surface area contributed by atoms with Crippen LogP contribution in [-0.2, 0) is 4.79 Å². The van der Waals surface area contributed by atoms with E-state index in [0.29, 0.717) is 18.7 Å². The normalized spacial score (nSPS) is 9.86. The number of hydrogen-bond acceptors (Lipinski definition) is 2. The SMILES string of the molecule is Cc1ncccc1NC(=O)CCCCl. The second-order valence-electron chi connectivity index (χ2n) is 2.98. The van der Waals surface area contributed by atoms with E-state index in [1.165, 1.54) is 0 Å². The van der Waals surface area contributed by atoms with Crippen LogP contribution in [-0.4, -0.2) is 16.8 Å². The Morgan fingerprint density at radius 3 is 3.07 bits per heavy atom. The summed E-state index contributed by atoms with van der Waals surface area (Å²) in [5, 5.41) is 2.78. The van der Waals surface area contributed by atoms with Gasteiger partial charge in [-0.05, 0) is 25.5 Å². The van der Waals surface area contributed by atoms with E-state index < -0.39 is 0 Å². The summed E-state index contributed by atoms with van der Waals surface area (Å²) >= 11 is 5.49. The van der Waals surface area contributed by atoms with Crippen molar-refractivity contribution in [3.8, 4) is 0 Å². The van der Waals surface area contributed by atoms with Gasteiger partial charge in [-0.2, -0.15) is 0 Å². The fourth-order valence-electron chi connectivity index (χ4n) is 1.06. The van der Waals surface area contributed by atoms with Gasteiger partial charge in [0.05, 0.1) is 11.4 Å². The largest absolute Gasteiger partial charge is 0.325 e. The first-order chi connectivity index (χ1) is 6.74. The van der Waals surface area contributed by atoms with Gasteiger partial charge in [-0.15, -0.1) is 11.6 Å². The van der Waals surface area contributed by atoms with Crippen LogP contribution in [0.4, 0.5) is 5.69 Å². The number of amides is 1. The fraction of sp³-hybridized carbons (Fsp3) is 0.400. The quantitative estimate of drug-likeness (QED) is 0.779. The van der Waals surface area contributed by atoms with Gasteiger partial charge in [0.15, 0.2) is 0 Å². The molecule has 0 spiro atoms. The standard InChI is InChI=1S/C10H13ClN2O/c1-8-9(4-3-7-12-8)13-10(14)5-2-6-11/h3-4,7H,2,5-6H2,1H3,(H,13,14). The topological polar surface area (TPSA) is 42.0 Å². The molecule has 0 bridgehead atoms. The van der Waals surface area contributed by atoms with E-state index in [2.05, 4.69) is 10.3 Å². The van der Waals surface area contributed by atoms with E-state index in [4.69, 9.17) is 11.6 Å². The van der Waals surface area contributed by atoms with Crippen LogP contribution in [0.3, 0.4) is 0 Å². The Bertz CT molecular complexity index is 315. The number of pyridine rings is 1. The van der Waals surface area contributed by atoms with Gasteiger partial charge in [-0.25, -0.2) is 0 Å². The van der Waals surface area contributed by atoms with Gasteiger partial charge >= 0.3 is 0 Å². The maximum Gasteiger partial charge on any atom is 0.224 e.